The Morgan fingerprint density at radius 2 is 1.33 bits per heavy atom. The summed E-state index contributed by atoms with van der Waals surface area (Å²) >= 11 is 0. The topological polar surface area (TPSA) is 118 Å². The fourth-order valence-electron chi connectivity index (χ4n) is 2.95. The molecule has 12 heteroatoms. The normalized spacial score (nSPS) is 13.0. The van der Waals surface area contributed by atoms with Gasteiger partial charge in [-0.2, -0.15) is 10.2 Å². The Morgan fingerprint density at radius 1 is 0.857 bits per heavy atom. The molecule has 0 amide bonds. The Kier molecular flexibility index (Phi) is 13.8. The first-order valence-electron chi connectivity index (χ1n) is 14.2. The zero-order valence-corrected chi connectivity index (χ0v) is 29.6. The zero-order chi connectivity index (χ0) is 32.4. The summed E-state index contributed by atoms with van der Waals surface area (Å²) in [6, 6.07) is 1.64. The van der Waals surface area contributed by atoms with E-state index < -0.39 is 28.6 Å². The van der Waals surface area contributed by atoms with Gasteiger partial charge in [-0.1, -0.05) is 65.8 Å². The number of rotatable bonds is 12. The molecule has 42 heavy (non-hydrogen) atoms. The predicted molar refractivity (Wildman–Crippen MR) is 172 cm³/mol. The van der Waals surface area contributed by atoms with Crippen LogP contribution in [0.5, 0.6) is 0 Å². The Labute approximate surface area is 254 Å². The first kappa shape index (κ1) is 37.2. The highest BCUT2D eigenvalue weighted by molar-refractivity contribution is 6.74. The average molecular weight is 621 g/mol. The summed E-state index contributed by atoms with van der Waals surface area (Å²) in [6.45, 7) is 26.3. The van der Waals surface area contributed by atoms with Gasteiger partial charge in [0.05, 0.1) is 33.4 Å². The van der Waals surface area contributed by atoms with Gasteiger partial charge in [0.25, 0.3) is 0 Å². The van der Waals surface area contributed by atoms with E-state index in [1.807, 2.05) is 24.3 Å². The largest absolute Gasteiger partial charge is 0.476 e. The maximum absolute atomic E-state index is 11.3. The number of carbonyl (C=O) groups is 2. The number of allylic oxidation sites excluding steroid dienone is 2. The highest BCUT2D eigenvalue weighted by atomic mass is 28.4. The summed E-state index contributed by atoms with van der Waals surface area (Å²) in [5, 5.41) is 17.5. The standard InChI is InChI=1S/2C15H26N2O3Si/c1-15(2,3)21(5,6)20-12-8-7-10-17-11-9-13(16-17)14(18)19-4;1-12-11-17(16-13(12)14(18)19)9-7-8-10-20-21(5,6)15(2,3)4/h7-9,11H,10,12H2,1-6H3;7-8,11H,9-10H2,1-6H3,(H,18,19)/b2*8-7-. The molecule has 0 aliphatic heterocycles. The molecule has 1 N–H and O–H groups in total. The number of aryl methyl sites for hydroxylation is 1. The van der Waals surface area contributed by atoms with Gasteiger partial charge >= 0.3 is 11.9 Å². The minimum atomic E-state index is -1.71. The number of ether oxygens (including phenoxy) is 1. The maximum Gasteiger partial charge on any atom is 0.358 e. The van der Waals surface area contributed by atoms with Gasteiger partial charge in [-0.05, 0) is 49.3 Å². The van der Waals surface area contributed by atoms with E-state index in [1.54, 1.807) is 34.7 Å². The van der Waals surface area contributed by atoms with Crippen LogP contribution < -0.4 is 0 Å². The molecule has 2 aromatic rings. The number of carboxylic acids is 1. The molecule has 0 radical (unpaired) electrons. The highest BCUT2D eigenvalue weighted by Gasteiger charge is 2.37. The first-order valence-corrected chi connectivity index (χ1v) is 20.0. The molecular formula is C30H52N4O6Si2. The van der Waals surface area contributed by atoms with Gasteiger partial charge in [0, 0.05) is 18.0 Å². The molecule has 0 saturated carbocycles. The van der Waals surface area contributed by atoms with Crippen molar-refractivity contribution in [2.75, 3.05) is 20.3 Å². The SMILES string of the molecule is COC(=O)c1ccn(C/C=C\CO[Si](C)(C)C(C)(C)C)n1.Cc1cn(C/C=C\CO[Si](C)(C)C(C)(C)C)nc1C(=O)O. The first-order chi connectivity index (χ1) is 19.2. The molecule has 0 aromatic carbocycles. The van der Waals surface area contributed by atoms with Crippen LogP contribution >= 0.6 is 0 Å². The quantitative estimate of drug-likeness (QED) is 0.158. The number of hydrogen-bond donors (Lipinski definition) is 1. The molecule has 0 bridgehead atoms. The number of esters is 1. The van der Waals surface area contributed by atoms with E-state index in [4.69, 9.17) is 14.0 Å². The smallest absolute Gasteiger partial charge is 0.358 e. The summed E-state index contributed by atoms with van der Waals surface area (Å²) in [4.78, 5) is 22.2. The van der Waals surface area contributed by atoms with Gasteiger partial charge in [-0.15, -0.1) is 0 Å². The fraction of sp³-hybridized carbons (Fsp3) is 0.600. The van der Waals surface area contributed by atoms with Gasteiger partial charge in [0.2, 0.25) is 0 Å². The molecule has 236 valence electrons. The van der Waals surface area contributed by atoms with E-state index in [0.717, 1.165) is 0 Å². The van der Waals surface area contributed by atoms with Crippen LogP contribution in [0.3, 0.4) is 0 Å². The predicted octanol–water partition coefficient (Wildman–Crippen LogP) is 6.72. The average Bonchev–Trinajstić information content (AvgIpc) is 3.48. The van der Waals surface area contributed by atoms with E-state index >= 15 is 0 Å². The van der Waals surface area contributed by atoms with Gasteiger partial charge in [0.15, 0.2) is 28.0 Å². The monoisotopic (exact) mass is 620 g/mol. The lowest BCUT2D eigenvalue weighted by Gasteiger charge is -2.35. The van der Waals surface area contributed by atoms with Crippen LogP contribution in [0.2, 0.25) is 36.3 Å². The minimum Gasteiger partial charge on any atom is -0.476 e. The van der Waals surface area contributed by atoms with Crippen LogP contribution in [-0.2, 0) is 26.7 Å². The minimum absolute atomic E-state index is 0.112. The summed E-state index contributed by atoms with van der Waals surface area (Å²) in [5.74, 6) is -1.41. The molecule has 0 saturated heterocycles. The molecule has 10 nitrogen and oxygen atoms in total. The van der Waals surface area contributed by atoms with Gasteiger partial charge in [-0.25, -0.2) is 9.59 Å². The lowest BCUT2D eigenvalue weighted by Crippen LogP contribution is -2.40. The van der Waals surface area contributed by atoms with E-state index in [-0.39, 0.29) is 15.8 Å². The van der Waals surface area contributed by atoms with Crippen molar-refractivity contribution in [3.05, 3.63) is 59.7 Å². The van der Waals surface area contributed by atoms with Crippen LogP contribution in [0, 0.1) is 6.92 Å². The van der Waals surface area contributed by atoms with E-state index in [2.05, 4.69) is 82.7 Å². The van der Waals surface area contributed by atoms with Crippen LogP contribution in [0.1, 0.15) is 68.1 Å². The van der Waals surface area contributed by atoms with Crippen molar-refractivity contribution in [1.29, 1.82) is 0 Å². The van der Waals surface area contributed by atoms with Gasteiger partial charge in [-0.3, -0.25) is 9.36 Å². The molecule has 0 fully saturated rings. The number of hydrogen-bond acceptors (Lipinski definition) is 7. The number of aromatic nitrogens is 4. The number of aromatic carboxylic acids is 1. The molecule has 0 atom stereocenters. The third-order valence-electron chi connectivity index (χ3n) is 7.79. The van der Waals surface area contributed by atoms with Gasteiger partial charge in [0.1, 0.15) is 0 Å². The zero-order valence-electron chi connectivity index (χ0n) is 27.6. The Bertz CT molecular complexity index is 1220. The summed E-state index contributed by atoms with van der Waals surface area (Å²) < 4.78 is 20.0. The second-order valence-corrected chi connectivity index (χ2v) is 22.8. The van der Waals surface area contributed by atoms with E-state index in [1.165, 1.54) is 7.11 Å². The maximum atomic E-state index is 11.3. The molecular weight excluding hydrogens is 569 g/mol. The summed E-state index contributed by atoms with van der Waals surface area (Å²) in [7, 11) is -2.04. The molecule has 2 rings (SSSR count). The number of methoxy groups -OCH3 is 1. The highest BCUT2D eigenvalue weighted by Crippen LogP contribution is 2.37. The number of nitrogens with zero attached hydrogens (tertiary/aromatic N) is 4. The Hall–Kier alpha value is -2.81. The van der Waals surface area contributed by atoms with Crippen LogP contribution in [0.25, 0.3) is 0 Å². The Balaban J connectivity index is 0.000000420. The lowest BCUT2D eigenvalue weighted by atomic mass is 10.2. The third kappa shape index (κ3) is 11.8. The Morgan fingerprint density at radius 3 is 1.74 bits per heavy atom. The molecule has 0 aliphatic carbocycles. The van der Waals surface area contributed by atoms with Crippen molar-refractivity contribution in [3.8, 4) is 0 Å². The molecule has 0 spiro atoms. The second-order valence-electron chi connectivity index (χ2n) is 13.2. The van der Waals surface area contributed by atoms with Crippen LogP contribution in [0.4, 0.5) is 0 Å². The molecule has 2 heterocycles. The van der Waals surface area contributed by atoms with Crippen LogP contribution in [-0.4, -0.2) is 73.6 Å². The van der Waals surface area contributed by atoms with Crippen molar-refractivity contribution in [1.82, 2.24) is 19.6 Å². The second kappa shape index (κ2) is 15.6. The van der Waals surface area contributed by atoms with Crippen molar-refractivity contribution in [3.63, 3.8) is 0 Å². The van der Waals surface area contributed by atoms with Crippen molar-refractivity contribution < 1.29 is 28.3 Å². The fourth-order valence-corrected chi connectivity index (χ4v) is 4.84. The molecule has 2 aromatic heterocycles. The van der Waals surface area contributed by atoms with Crippen LogP contribution in [0.15, 0.2) is 42.8 Å². The van der Waals surface area contributed by atoms with Crippen molar-refractivity contribution in [2.24, 2.45) is 0 Å². The summed E-state index contributed by atoms with van der Waals surface area (Å²) in [6.07, 6.45) is 11.4. The van der Waals surface area contributed by atoms with Gasteiger partial charge < -0.3 is 18.7 Å². The van der Waals surface area contributed by atoms with Crippen molar-refractivity contribution in [2.45, 2.75) is 97.8 Å². The van der Waals surface area contributed by atoms with E-state index in [0.29, 0.717) is 37.6 Å². The molecule has 0 aliphatic rings. The number of carboxylic acid groups (broad SMARTS) is 1. The van der Waals surface area contributed by atoms with Crippen molar-refractivity contribution >= 4 is 28.6 Å². The summed E-state index contributed by atoms with van der Waals surface area (Å²) in [5.41, 5.74) is 1.11. The lowest BCUT2D eigenvalue weighted by molar-refractivity contribution is 0.0592. The van der Waals surface area contributed by atoms with E-state index in [9.17, 15) is 9.59 Å². The molecule has 0 unspecified atom stereocenters. The number of carbonyl (C=O) groups excluding carboxylic acids is 1. The third-order valence-corrected chi connectivity index (χ3v) is 16.8.